The van der Waals surface area contributed by atoms with Crippen LogP contribution in [0.2, 0.25) is 0 Å². The van der Waals surface area contributed by atoms with Crippen molar-refractivity contribution in [1.29, 1.82) is 0 Å². The number of carbonyl (C=O) groups is 1. The summed E-state index contributed by atoms with van der Waals surface area (Å²) in [6, 6.07) is 3.40. The Labute approximate surface area is 93.8 Å². The highest BCUT2D eigenvalue weighted by atomic mass is 16.5. The SMILES string of the molecule is CNC(=O)c1nc(OC)ccc1OC1CC1. The average molecular weight is 222 g/mol. The molecule has 5 nitrogen and oxygen atoms in total. The zero-order chi connectivity index (χ0) is 11.5. The van der Waals surface area contributed by atoms with Gasteiger partial charge in [0.2, 0.25) is 5.88 Å². The molecule has 1 amide bonds. The molecular weight excluding hydrogens is 208 g/mol. The molecular formula is C11H14N2O3. The van der Waals surface area contributed by atoms with Gasteiger partial charge in [-0.1, -0.05) is 0 Å². The molecule has 5 heteroatoms. The number of ether oxygens (including phenoxy) is 2. The van der Waals surface area contributed by atoms with E-state index in [1.807, 2.05) is 0 Å². The Balaban J connectivity index is 2.29. The number of hydrogen-bond donors (Lipinski definition) is 1. The molecule has 0 aromatic carbocycles. The van der Waals surface area contributed by atoms with Gasteiger partial charge in [0.15, 0.2) is 11.4 Å². The number of aromatic nitrogens is 1. The second-order valence-corrected chi connectivity index (χ2v) is 3.60. The van der Waals surface area contributed by atoms with Crippen molar-refractivity contribution in [3.63, 3.8) is 0 Å². The van der Waals surface area contributed by atoms with Crippen LogP contribution in [0.5, 0.6) is 11.6 Å². The molecule has 0 bridgehead atoms. The Bertz CT molecular complexity index is 402. The third-order valence-electron chi connectivity index (χ3n) is 2.30. The molecule has 1 aliphatic rings. The first kappa shape index (κ1) is 10.7. The summed E-state index contributed by atoms with van der Waals surface area (Å²) in [5.41, 5.74) is 0.272. The Morgan fingerprint density at radius 1 is 1.50 bits per heavy atom. The molecule has 1 saturated carbocycles. The van der Waals surface area contributed by atoms with Crippen LogP contribution in [0.15, 0.2) is 12.1 Å². The van der Waals surface area contributed by atoms with E-state index in [1.54, 1.807) is 19.2 Å². The number of nitrogens with zero attached hydrogens (tertiary/aromatic N) is 1. The molecule has 1 heterocycles. The van der Waals surface area contributed by atoms with Gasteiger partial charge < -0.3 is 14.8 Å². The molecule has 0 spiro atoms. The first-order valence-electron chi connectivity index (χ1n) is 5.18. The van der Waals surface area contributed by atoms with Gasteiger partial charge in [-0.25, -0.2) is 4.98 Å². The second-order valence-electron chi connectivity index (χ2n) is 3.60. The van der Waals surface area contributed by atoms with Crippen molar-refractivity contribution in [2.45, 2.75) is 18.9 Å². The van der Waals surface area contributed by atoms with E-state index in [-0.39, 0.29) is 17.7 Å². The number of carbonyl (C=O) groups excluding carboxylic acids is 1. The van der Waals surface area contributed by atoms with Crippen LogP contribution >= 0.6 is 0 Å². The van der Waals surface area contributed by atoms with Gasteiger partial charge in [0.25, 0.3) is 5.91 Å². The molecule has 86 valence electrons. The minimum atomic E-state index is -0.269. The molecule has 1 aromatic rings. The number of nitrogens with one attached hydrogen (secondary N) is 1. The van der Waals surface area contributed by atoms with Crippen molar-refractivity contribution in [2.24, 2.45) is 0 Å². The molecule has 1 fully saturated rings. The van der Waals surface area contributed by atoms with Gasteiger partial charge in [-0.2, -0.15) is 0 Å². The Kier molecular flexibility index (Phi) is 2.94. The summed E-state index contributed by atoms with van der Waals surface area (Å²) in [7, 11) is 3.07. The smallest absolute Gasteiger partial charge is 0.273 e. The lowest BCUT2D eigenvalue weighted by Crippen LogP contribution is -2.20. The van der Waals surface area contributed by atoms with Crippen LogP contribution in [-0.2, 0) is 0 Å². The van der Waals surface area contributed by atoms with E-state index in [0.29, 0.717) is 11.6 Å². The molecule has 0 aliphatic heterocycles. The summed E-state index contributed by atoms with van der Waals surface area (Å²) in [5.74, 6) is 0.652. The van der Waals surface area contributed by atoms with Crippen molar-refractivity contribution in [3.8, 4) is 11.6 Å². The summed E-state index contributed by atoms with van der Waals surface area (Å²) in [5, 5.41) is 2.53. The molecule has 0 saturated heterocycles. The van der Waals surface area contributed by atoms with Gasteiger partial charge in [-0.3, -0.25) is 4.79 Å². The minimum absolute atomic E-state index is 0.235. The van der Waals surface area contributed by atoms with Gasteiger partial charge in [0.05, 0.1) is 13.2 Å². The number of rotatable bonds is 4. The molecule has 16 heavy (non-hydrogen) atoms. The first-order chi connectivity index (χ1) is 7.74. The van der Waals surface area contributed by atoms with Crippen molar-refractivity contribution in [3.05, 3.63) is 17.8 Å². The van der Waals surface area contributed by atoms with E-state index in [2.05, 4.69) is 10.3 Å². The summed E-state index contributed by atoms with van der Waals surface area (Å²) in [6.07, 6.45) is 2.32. The molecule has 1 N–H and O–H groups in total. The molecule has 1 aliphatic carbocycles. The Morgan fingerprint density at radius 3 is 2.81 bits per heavy atom. The van der Waals surface area contributed by atoms with E-state index in [1.165, 1.54) is 7.11 Å². The lowest BCUT2D eigenvalue weighted by Gasteiger charge is -2.10. The molecule has 0 radical (unpaired) electrons. The largest absolute Gasteiger partial charge is 0.488 e. The van der Waals surface area contributed by atoms with Crippen molar-refractivity contribution in [1.82, 2.24) is 10.3 Å². The van der Waals surface area contributed by atoms with E-state index in [0.717, 1.165) is 12.8 Å². The summed E-state index contributed by atoms with van der Waals surface area (Å²) < 4.78 is 10.6. The van der Waals surface area contributed by atoms with E-state index < -0.39 is 0 Å². The summed E-state index contributed by atoms with van der Waals surface area (Å²) >= 11 is 0. The van der Waals surface area contributed by atoms with Crippen LogP contribution in [-0.4, -0.2) is 31.2 Å². The van der Waals surface area contributed by atoms with Crippen molar-refractivity contribution >= 4 is 5.91 Å². The normalized spacial score (nSPS) is 14.4. The monoisotopic (exact) mass is 222 g/mol. The zero-order valence-electron chi connectivity index (χ0n) is 9.32. The fourth-order valence-electron chi connectivity index (χ4n) is 1.28. The molecule has 0 unspecified atom stereocenters. The zero-order valence-corrected chi connectivity index (χ0v) is 9.32. The third kappa shape index (κ3) is 2.24. The topological polar surface area (TPSA) is 60.5 Å². The number of pyridine rings is 1. The quantitative estimate of drug-likeness (QED) is 0.825. The van der Waals surface area contributed by atoms with Gasteiger partial charge in [-0.05, 0) is 18.9 Å². The first-order valence-corrected chi connectivity index (χ1v) is 5.18. The fourth-order valence-corrected chi connectivity index (χ4v) is 1.28. The molecule has 0 atom stereocenters. The van der Waals surface area contributed by atoms with E-state index in [9.17, 15) is 4.79 Å². The van der Waals surface area contributed by atoms with Gasteiger partial charge >= 0.3 is 0 Å². The minimum Gasteiger partial charge on any atom is -0.488 e. The van der Waals surface area contributed by atoms with Gasteiger partial charge in [0.1, 0.15) is 0 Å². The molecule has 1 aromatic heterocycles. The predicted molar refractivity (Wildman–Crippen MR) is 57.8 cm³/mol. The van der Waals surface area contributed by atoms with E-state index >= 15 is 0 Å². The Hall–Kier alpha value is -1.78. The van der Waals surface area contributed by atoms with Crippen LogP contribution in [0.25, 0.3) is 0 Å². The van der Waals surface area contributed by atoms with Crippen LogP contribution in [0.4, 0.5) is 0 Å². The van der Waals surface area contributed by atoms with Crippen LogP contribution < -0.4 is 14.8 Å². The van der Waals surface area contributed by atoms with E-state index in [4.69, 9.17) is 9.47 Å². The lowest BCUT2D eigenvalue weighted by molar-refractivity contribution is 0.0952. The highest BCUT2D eigenvalue weighted by molar-refractivity contribution is 5.94. The van der Waals surface area contributed by atoms with Crippen LogP contribution in [0.1, 0.15) is 23.3 Å². The van der Waals surface area contributed by atoms with Crippen LogP contribution in [0, 0.1) is 0 Å². The van der Waals surface area contributed by atoms with Crippen molar-refractivity contribution in [2.75, 3.05) is 14.2 Å². The van der Waals surface area contributed by atoms with Gasteiger partial charge in [0, 0.05) is 13.1 Å². The standard InChI is InChI=1S/C11H14N2O3/c1-12-11(14)10-8(16-7-3-4-7)5-6-9(13-10)15-2/h5-7H,3-4H2,1-2H3,(H,12,14). The number of amides is 1. The maximum absolute atomic E-state index is 11.6. The highest BCUT2D eigenvalue weighted by Crippen LogP contribution is 2.29. The second kappa shape index (κ2) is 4.38. The fraction of sp³-hybridized carbons (Fsp3) is 0.455. The maximum Gasteiger partial charge on any atom is 0.273 e. The summed E-state index contributed by atoms with van der Waals surface area (Å²) in [4.78, 5) is 15.7. The summed E-state index contributed by atoms with van der Waals surface area (Å²) in [6.45, 7) is 0. The number of hydrogen-bond acceptors (Lipinski definition) is 4. The lowest BCUT2D eigenvalue weighted by atomic mass is 10.3. The Morgan fingerprint density at radius 2 is 2.25 bits per heavy atom. The third-order valence-corrected chi connectivity index (χ3v) is 2.30. The van der Waals surface area contributed by atoms with Crippen molar-refractivity contribution < 1.29 is 14.3 Å². The number of methoxy groups -OCH3 is 1. The molecule has 2 rings (SSSR count). The van der Waals surface area contributed by atoms with Crippen LogP contribution in [0.3, 0.4) is 0 Å². The maximum atomic E-state index is 11.6. The van der Waals surface area contributed by atoms with Gasteiger partial charge in [-0.15, -0.1) is 0 Å². The average Bonchev–Trinajstić information content (AvgIpc) is 3.12. The predicted octanol–water partition coefficient (Wildman–Crippen LogP) is 0.991. The highest BCUT2D eigenvalue weighted by Gasteiger charge is 2.26.